The summed E-state index contributed by atoms with van der Waals surface area (Å²) < 4.78 is 44.7. The van der Waals surface area contributed by atoms with Gasteiger partial charge in [-0.3, -0.25) is 0 Å². The first kappa shape index (κ1) is 11.8. The maximum absolute atomic E-state index is 12.5. The SMILES string of the molecule is FC(F)(F)c1cn2c(n1)NC(C1CCCO1)CC2. The molecular formula is C11H14F3N3O. The van der Waals surface area contributed by atoms with E-state index < -0.39 is 11.9 Å². The van der Waals surface area contributed by atoms with Crippen molar-refractivity contribution in [2.45, 2.75) is 44.1 Å². The van der Waals surface area contributed by atoms with Gasteiger partial charge in [-0.05, 0) is 19.3 Å². The van der Waals surface area contributed by atoms with Crippen LogP contribution in [-0.4, -0.2) is 28.3 Å². The van der Waals surface area contributed by atoms with Crippen molar-refractivity contribution in [3.8, 4) is 0 Å². The summed E-state index contributed by atoms with van der Waals surface area (Å²) in [5.41, 5.74) is -0.835. The third-order valence-corrected chi connectivity index (χ3v) is 3.48. The quantitative estimate of drug-likeness (QED) is 0.842. The summed E-state index contributed by atoms with van der Waals surface area (Å²) in [6, 6.07) is 0.0727. The van der Waals surface area contributed by atoms with Crippen LogP contribution in [0.25, 0.3) is 0 Å². The second-order valence-corrected chi connectivity index (χ2v) is 4.73. The zero-order valence-corrected chi connectivity index (χ0v) is 9.70. The van der Waals surface area contributed by atoms with Gasteiger partial charge >= 0.3 is 6.18 Å². The maximum atomic E-state index is 12.5. The number of anilines is 1. The van der Waals surface area contributed by atoms with E-state index in [9.17, 15) is 13.2 Å². The summed E-state index contributed by atoms with van der Waals surface area (Å²) in [5.74, 6) is 0.300. The molecule has 1 aromatic rings. The summed E-state index contributed by atoms with van der Waals surface area (Å²) in [7, 11) is 0. The minimum Gasteiger partial charge on any atom is -0.376 e. The van der Waals surface area contributed by atoms with E-state index in [1.54, 1.807) is 0 Å². The van der Waals surface area contributed by atoms with E-state index in [0.717, 1.165) is 32.1 Å². The number of aryl methyl sites for hydroxylation is 1. The zero-order valence-electron chi connectivity index (χ0n) is 9.70. The van der Waals surface area contributed by atoms with Gasteiger partial charge in [0.05, 0.1) is 12.1 Å². The number of ether oxygens (including phenoxy) is 1. The van der Waals surface area contributed by atoms with Crippen LogP contribution in [-0.2, 0) is 17.5 Å². The third-order valence-electron chi connectivity index (χ3n) is 3.48. The number of aromatic nitrogens is 2. The van der Waals surface area contributed by atoms with E-state index >= 15 is 0 Å². The van der Waals surface area contributed by atoms with Gasteiger partial charge in [-0.1, -0.05) is 0 Å². The predicted octanol–water partition coefficient (Wildman–Crippen LogP) is 2.27. The minimum atomic E-state index is -4.38. The lowest BCUT2D eigenvalue weighted by Crippen LogP contribution is -2.38. The van der Waals surface area contributed by atoms with Crippen molar-refractivity contribution in [3.05, 3.63) is 11.9 Å². The van der Waals surface area contributed by atoms with Gasteiger partial charge in [0.2, 0.25) is 5.95 Å². The number of halogens is 3. The Kier molecular flexibility index (Phi) is 2.73. The Morgan fingerprint density at radius 3 is 2.89 bits per heavy atom. The molecule has 0 amide bonds. The molecule has 0 saturated carbocycles. The molecule has 0 aliphatic carbocycles. The average molecular weight is 261 g/mol. The first-order valence-corrected chi connectivity index (χ1v) is 6.06. The van der Waals surface area contributed by atoms with Crippen molar-refractivity contribution < 1.29 is 17.9 Å². The highest BCUT2D eigenvalue weighted by Crippen LogP contribution is 2.32. The highest BCUT2D eigenvalue weighted by molar-refractivity contribution is 5.34. The largest absolute Gasteiger partial charge is 0.434 e. The van der Waals surface area contributed by atoms with E-state index in [2.05, 4.69) is 10.3 Å². The normalized spacial score (nSPS) is 27.9. The number of nitrogens with one attached hydrogen (secondary N) is 1. The van der Waals surface area contributed by atoms with Gasteiger partial charge in [0.1, 0.15) is 0 Å². The Morgan fingerprint density at radius 1 is 1.39 bits per heavy atom. The van der Waals surface area contributed by atoms with Crippen LogP contribution in [0.4, 0.5) is 19.1 Å². The Balaban J connectivity index is 1.78. The molecular weight excluding hydrogens is 247 g/mol. The van der Waals surface area contributed by atoms with Crippen molar-refractivity contribution in [3.63, 3.8) is 0 Å². The van der Waals surface area contributed by atoms with Crippen molar-refractivity contribution in [2.75, 3.05) is 11.9 Å². The van der Waals surface area contributed by atoms with Crippen LogP contribution in [0.5, 0.6) is 0 Å². The van der Waals surface area contributed by atoms with Crippen LogP contribution >= 0.6 is 0 Å². The van der Waals surface area contributed by atoms with E-state index in [-0.39, 0.29) is 12.1 Å². The van der Waals surface area contributed by atoms with Crippen molar-refractivity contribution in [1.82, 2.24) is 9.55 Å². The smallest absolute Gasteiger partial charge is 0.376 e. The standard InChI is InChI=1S/C11H14F3N3O/c12-11(13,14)9-6-17-4-3-7(15-10(17)16-9)8-2-1-5-18-8/h6-8H,1-5H2,(H,15,16). The van der Waals surface area contributed by atoms with Gasteiger partial charge in [-0.2, -0.15) is 13.2 Å². The highest BCUT2D eigenvalue weighted by Gasteiger charge is 2.37. The molecule has 3 heterocycles. The molecule has 1 aromatic heterocycles. The lowest BCUT2D eigenvalue weighted by atomic mass is 10.0. The molecule has 1 saturated heterocycles. The number of nitrogens with zero attached hydrogens (tertiary/aromatic N) is 2. The summed E-state index contributed by atoms with van der Waals surface area (Å²) >= 11 is 0. The fraction of sp³-hybridized carbons (Fsp3) is 0.727. The number of hydrogen-bond acceptors (Lipinski definition) is 3. The first-order valence-electron chi connectivity index (χ1n) is 6.06. The van der Waals surface area contributed by atoms with E-state index in [1.165, 1.54) is 4.57 Å². The molecule has 0 spiro atoms. The number of hydrogen-bond donors (Lipinski definition) is 1. The maximum Gasteiger partial charge on any atom is 0.434 e. The Morgan fingerprint density at radius 2 is 2.22 bits per heavy atom. The zero-order chi connectivity index (χ0) is 12.8. The topological polar surface area (TPSA) is 39.1 Å². The Hall–Kier alpha value is -1.24. The van der Waals surface area contributed by atoms with Gasteiger partial charge in [-0.15, -0.1) is 0 Å². The molecule has 18 heavy (non-hydrogen) atoms. The highest BCUT2D eigenvalue weighted by atomic mass is 19.4. The molecule has 100 valence electrons. The van der Waals surface area contributed by atoms with Crippen LogP contribution in [0.15, 0.2) is 6.20 Å². The van der Waals surface area contributed by atoms with Gasteiger partial charge in [0, 0.05) is 19.3 Å². The molecule has 1 fully saturated rings. The summed E-state index contributed by atoms with van der Waals surface area (Å²) in [6.07, 6.45) is -0.467. The van der Waals surface area contributed by atoms with Crippen LogP contribution < -0.4 is 5.32 Å². The number of imidazole rings is 1. The molecule has 2 aliphatic heterocycles. The minimum absolute atomic E-state index is 0.0727. The lowest BCUT2D eigenvalue weighted by Gasteiger charge is -2.29. The van der Waals surface area contributed by atoms with E-state index in [1.807, 2.05) is 0 Å². The predicted molar refractivity (Wildman–Crippen MR) is 58.2 cm³/mol. The Bertz CT molecular complexity index is 437. The van der Waals surface area contributed by atoms with E-state index in [4.69, 9.17) is 4.74 Å². The molecule has 2 unspecified atom stereocenters. The fourth-order valence-corrected chi connectivity index (χ4v) is 2.55. The van der Waals surface area contributed by atoms with Crippen molar-refractivity contribution in [2.24, 2.45) is 0 Å². The molecule has 3 rings (SSSR count). The third kappa shape index (κ3) is 2.07. The second-order valence-electron chi connectivity index (χ2n) is 4.73. The second kappa shape index (κ2) is 4.15. The van der Waals surface area contributed by atoms with Gasteiger partial charge < -0.3 is 14.6 Å². The monoisotopic (exact) mass is 261 g/mol. The average Bonchev–Trinajstić information content (AvgIpc) is 2.96. The molecule has 2 aliphatic rings. The molecule has 0 bridgehead atoms. The van der Waals surface area contributed by atoms with Crippen LogP contribution in [0.3, 0.4) is 0 Å². The van der Waals surface area contributed by atoms with Gasteiger partial charge in [0.15, 0.2) is 5.69 Å². The van der Waals surface area contributed by atoms with Crippen molar-refractivity contribution in [1.29, 1.82) is 0 Å². The first-order chi connectivity index (χ1) is 8.54. The lowest BCUT2D eigenvalue weighted by molar-refractivity contribution is -0.140. The van der Waals surface area contributed by atoms with Crippen LogP contribution in [0, 0.1) is 0 Å². The Labute approximate surface area is 102 Å². The fourth-order valence-electron chi connectivity index (χ4n) is 2.55. The number of fused-ring (bicyclic) bond motifs is 1. The molecule has 7 heteroatoms. The van der Waals surface area contributed by atoms with Crippen molar-refractivity contribution >= 4 is 5.95 Å². The molecule has 4 nitrogen and oxygen atoms in total. The molecule has 0 aromatic carbocycles. The van der Waals surface area contributed by atoms with Gasteiger partial charge in [-0.25, -0.2) is 4.98 Å². The summed E-state index contributed by atoms with van der Waals surface area (Å²) in [5, 5.41) is 3.06. The number of rotatable bonds is 1. The summed E-state index contributed by atoms with van der Waals surface area (Å²) in [4.78, 5) is 3.61. The van der Waals surface area contributed by atoms with Crippen LogP contribution in [0.1, 0.15) is 25.0 Å². The molecule has 0 radical (unpaired) electrons. The molecule has 1 N–H and O–H groups in total. The summed E-state index contributed by atoms with van der Waals surface area (Å²) in [6.45, 7) is 1.29. The van der Waals surface area contributed by atoms with Gasteiger partial charge in [0.25, 0.3) is 0 Å². The number of alkyl halides is 3. The van der Waals surface area contributed by atoms with E-state index in [0.29, 0.717) is 12.5 Å². The van der Waals surface area contributed by atoms with Crippen LogP contribution in [0.2, 0.25) is 0 Å². The molecule has 2 atom stereocenters.